The van der Waals surface area contributed by atoms with Gasteiger partial charge in [-0.1, -0.05) is 18.2 Å². The Labute approximate surface area is 108 Å². The maximum atomic E-state index is 10.9. The first-order valence-corrected chi connectivity index (χ1v) is 6.92. The third-order valence-electron chi connectivity index (χ3n) is 4.03. The smallest absolute Gasteiger partial charge is 0.125 e. The second-order valence-corrected chi connectivity index (χ2v) is 5.41. The van der Waals surface area contributed by atoms with Gasteiger partial charge < -0.3 is 9.84 Å². The lowest BCUT2D eigenvalue weighted by molar-refractivity contribution is 0.0422. The first-order chi connectivity index (χ1) is 8.73. The minimum atomic E-state index is -0.728. The van der Waals surface area contributed by atoms with E-state index in [4.69, 9.17) is 4.74 Å². The van der Waals surface area contributed by atoms with Crippen molar-refractivity contribution in [1.82, 2.24) is 4.90 Å². The standard InChI is InChI=1S/C15H21NO2/c1-2-18-14-6-4-3-5-13(14)15(17)9-10-16(11-15)12-7-8-12/h3-6,12,17H,2,7-11H2,1H3. The number of β-amino-alcohol motifs (C(OH)–C–C–N with tert-alkyl or cyclic N) is 1. The second-order valence-electron chi connectivity index (χ2n) is 5.41. The molecule has 0 radical (unpaired) electrons. The largest absolute Gasteiger partial charge is 0.493 e. The van der Waals surface area contributed by atoms with Gasteiger partial charge in [0.15, 0.2) is 0 Å². The van der Waals surface area contributed by atoms with E-state index in [1.807, 2.05) is 31.2 Å². The number of aliphatic hydroxyl groups is 1. The average molecular weight is 247 g/mol. The lowest BCUT2D eigenvalue weighted by Gasteiger charge is -2.26. The molecule has 1 unspecified atom stereocenters. The molecule has 1 aliphatic carbocycles. The molecule has 3 rings (SSSR count). The van der Waals surface area contributed by atoms with Gasteiger partial charge in [-0.05, 0) is 32.3 Å². The van der Waals surface area contributed by atoms with E-state index < -0.39 is 5.60 Å². The Balaban J connectivity index is 1.84. The van der Waals surface area contributed by atoms with E-state index in [0.29, 0.717) is 6.61 Å². The summed E-state index contributed by atoms with van der Waals surface area (Å²) in [7, 11) is 0. The van der Waals surface area contributed by atoms with Crippen LogP contribution in [-0.2, 0) is 5.60 Å². The zero-order chi connectivity index (χ0) is 12.6. The Morgan fingerprint density at radius 2 is 2.17 bits per heavy atom. The summed E-state index contributed by atoms with van der Waals surface area (Å²) in [4.78, 5) is 2.42. The predicted octanol–water partition coefficient (Wildman–Crippen LogP) is 2.14. The van der Waals surface area contributed by atoms with Crippen LogP contribution >= 0.6 is 0 Å². The zero-order valence-corrected chi connectivity index (χ0v) is 10.9. The number of hydrogen-bond acceptors (Lipinski definition) is 3. The van der Waals surface area contributed by atoms with E-state index in [0.717, 1.165) is 36.9 Å². The lowest BCUT2D eigenvalue weighted by atomic mass is 9.92. The highest BCUT2D eigenvalue weighted by Gasteiger charge is 2.44. The van der Waals surface area contributed by atoms with Crippen LogP contribution in [0.2, 0.25) is 0 Å². The van der Waals surface area contributed by atoms with Crippen LogP contribution in [0.4, 0.5) is 0 Å². The first kappa shape index (κ1) is 12.0. The van der Waals surface area contributed by atoms with Crippen LogP contribution in [-0.4, -0.2) is 35.7 Å². The fourth-order valence-corrected chi connectivity index (χ4v) is 2.93. The quantitative estimate of drug-likeness (QED) is 0.885. The Morgan fingerprint density at radius 1 is 1.39 bits per heavy atom. The molecular formula is C15H21NO2. The van der Waals surface area contributed by atoms with E-state index in [-0.39, 0.29) is 0 Å². The zero-order valence-electron chi connectivity index (χ0n) is 10.9. The van der Waals surface area contributed by atoms with Gasteiger partial charge in [0.2, 0.25) is 0 Å². The van der Waals surface area contributed by atoms with Crippen LogP contribution in [0.15, 0.2) is 24.3 Å². The van der Waals surface area contributed by atoms with Gasteiger partial charge in [0.25, 0.3) is 0 Å². The SMILES string of the molecule is CCOc1ccccc1C1(O)CCN(C2CC2)C1. The van der Waals surface area contributed by atoms with E-state index >= 15 is 0 Å². The van der Waals surface area contributed by atoms with Gasteiger partial charge >= 0.3 is 0 Å². The predicted molar refractivity (Wildman–Crippen MR) is 70.7 cm³/mol. The van der Waals surface area contributed by atoms with Gasteiger partial charge in [0, 0.05) is 24.7 Å². The summed E-state index contributed by atoms with van der Waals surface area (Å²) < 4.78 is 5.65. The lowest BCUT2D eigenvalue weighted by Crippen LogP contribution is -2.32. The van der Waals surface area contributed by atoms with Crippen LogP contribution in [0.5, 0.6) is 5.75 Å². The Bertz CT molecular complexity index is 430. The molecule has 2 fully saturated rings. The van der Waals surface area contributed by atoms with Gasteiger partial charge in [-0.3, -0.25) is 4.90 Å². The van der Waals surface area contributed by atoms with E-state index in [2.05, 4.69) is 4.90 Å². The summed E-state index contributed by atoms with van der Waals surface area (Å²) in [6, 6.07) is 8.62. The van der Waals surface area contributed by atoms with Gasteiger partial charge in [0.05, 0.1) is 6.61 Å². The highest BCUT2D eigenvalue weighted by Crippen LogP contribution is 2.41. The van der Waals surface area contributed by atoms with Crippen molar-refractivity contribution in [3.63, 3.8) is 0 Å². The van der Waals surface area contributed by atoms with Crippen LogP contribution < -0.4 is 4.74 Å². The normalized spacial score (nSPS) is 28.6. The molecule has 1 aromatic rings. The van der Waals surface area contributed by atoms with Crippen molar-refractivity contribution in [3.05, 3.63) is 29.8 Å². The molecule has 1 saturated carbocycles. The third-order valence-corrected chi connectivity index (χ3v) is 4.03. The number of para-hydroxylation sites is 1. The molecule has 3 heteroatoms. The molecule has 0 amide bonds. The van der Waals surface area contributed by atoms with Crippen molar-refractivity contribution in [2.75, 3.05) is 19.7 Å². The number of likely N-dealkylation sites (tertiary alicyclic amines) is 1. The molecule has 1 aliphatic heterocycles. The molecule has 3 nitrogen and oxygen atoms in total. The number of hydrogen-bond donors (Lipinski definition) is 1. The third kappa shape index (κ3) is 2.13. The molecule has 1 atom stereocenters. The van der Waals surface area contributed by atoms with Crippen LogP contribution in [0, 0.1) is 0 Å². The molecule has 2 aliphatic rings. The summed E-state index contributed by atoms with van der Waals surface area (Å²) in [5, 5.41) is 10.9. The summed E-state index contributed by atoms with van der Waals surface area (Å²) in [6.45, 7) is 4.37. The Morgan fingerprint density at radius 3 is 2.89 bits per heavy atom. The monoisotopic (exact) mass is 247 g/mol. The molecule has 0 aromatic heterocycles. The molecule has 0 spiro atoms. The molecule has 1 N–H and O–H groups in total. The molecule has 18 heavy (non-hydrogen) atoms. The average Bonchev–Trinajstić information content (AvgIpc) is 3.14. The fourth-order valence-electron chi connectivity index (χ4n) is 2.93. The van der Waals surface area contributed by atoms with Crippen molar-refractivity contribution in [2.24, 2.45) is 0 Å². The molecule has 98 valence electrons. The van der Waals surface area contributed by atoms with Gasteiger partial charge in [0.1, 0.15) is 11.4 Å². The fraction of sp³-hybridized carbons (Fsp3) is 0.600. The minimum absolute atomic E-state index is 0.638. The summed E-state index contributed by atoms with van der Waals surface area (Å²) in [5.74, 6) is 0.833. The highest BCUT2D eigenvalue weighted by atomic mass is 16.5. The Kier molecular flexibility index (Phi) is 3.04. The van der Waals surface area contributed by atoms with Gasteiger partial charge in [-0.25, -0.2) is 0 Å². The number of ether oxygens (including phenoxy) is 1. The molecule has 0 bridgehead atoms. The number of rotatable bonds is 4. The second kappa shape index (κ2) is 4.56. The molecule has 1 heterocycles. The summed E-state index contributed by atoms with van der Waals surface area (Å²) >= 11 is 0. The minimum Gasteiger partial charge on any atom is -0.493 e. The van der Waals surface area contributed by atoms with E-state index in [1.165, 1.54) is 12.8 Å². The van der Waals surface area contributed by atoms with Crippen molar-refractivity contribution >= 4 is 0 Å². The van der Waals surface area contributed by atoms with Crippen molar-refractivity contribution in [1.29, 1.82) is 0 Å². The van der Waals surface area contributed by atoms with Crippen molar-refractivity contribution in [2.45, 2.75) is 37.8 Å². The van der Waals surface area contributed by atoms with Crippen LogP contribution in [0.1, 0.15) is 31.7 Å². The first-order valence-electron chi connectivity index (χ1n) is 6.92. The summed E-state index contributed by atoms with van der Waals surface area (Å²) in [5.41, 5.74) is 0.226. The molecule has 1 aromatic carbocycles. The Hall–Kier alpha value is -1.06. The maximum Gasteiger partial charge on any atom is 0.125 e. The van der Waals surface area contributed by atoms with Crippen LogP contribution in [0.3, 0.4) is 0 Å². The van der Waals surface area contributed by atoms with E-state index in [1.54, 1.807) is 0 Å². The topological polar surface area (TPSA) is 32.7 Å². The molecular weight excluding hydrogens is 226 g/mol. The van der Waals surface area contributed by atoms with Crippen molar-refractivity contribution in [3.8, 4) is 5.75 Å². The maximum absolute atomic E-state index is 10.9. The van der Waals surface area contributed by atoms with Crippen LogP contribution in [0.25, 0.3) is 0 Å². The van der Waals surface area contributed by atoms with Crippen molar-refractivity contribution < 1.29 is 9.84 Å². The summed E-state index contributed by atoms with van der Waals surface area (Å²) in [6.07, 6.45) is 3.40. The number of nitrogens with zero attached hydrogens (tertiary/aromatic N) is 1. The van der Waals surface area contributed by atoms with Gasteiger partial charge in [-0.2, -0.15) is 0 Å². The number of benzene rings is 1. The van der Waals surface area contributed by atoms with E-state index in [9.17, 15) is 5.11 Å². The highest BCUT2D eigenvalue weighted by molar-refractivity contribution is 5.39. The van der Waals surface area contributed by atoms with Gasteiger partial charge in [-0.15, -0.1) is 0 Å². The molecule has 1 saturated heterocycles.